The Hall–Kier alpha value is -0.570. The molecule has 0 aliphatic rings. The molecule has 0 saturated heterocycles. The van der Waals surface area contributed by atoms with E-state index in [0.29, 0.717) is 6.42 Å². The van der Waals surface area contributed by atoms with E-state index < -0.39 is 5.60 Å². The Balaban J connectivity index is 4.09. The van der Waals surface area contributed by atoms with Crippen LogP contribution in [0, 0.1) is 10.8 Å². The summed E-state index contributed by atoms with van der Waals surface area (Å²) in [6.45, 7) is 16.3. The maximum atomic E-state index is 11.5. The van der Waals surface area contributed by atoms with Gasteiger partial charge in [-0.05, 0) is 31.1 Å². The zero-order chi connectivity index (χ0) is 13.9. The highest BCUT2D eigenvalue weighted by Crippen LogP contribution is 2.33. The highest BCUT2D eigenvalue weighted by Gasteiger charge is 2.36. The summed E-state index contributed by atoms with van der Waals surface area (Å²) >= 11 is 0. The van der Waals surface area contributed by atoms with Gasteiger partial charge in [0.05, 0.1) is 0 Å². The fourth-order valence-corrected chi connectivity index (χ4v) is 0.794. The Morgan fingerprint density at radius 3 is 1.76 bits per heavy atom. The van der Waals surface area contributed by atoms with Crippen LogP contribution in [0.3, 0.4) is 0 Å². The van der Waals surface area contributed by atoms with Crippen LogP contribution in [-0.4, -0.2) is 11.6 Å². The van der Waals surface area contributed by atoms with Crippen molar-refractivity contribution in [2.45, 2.75) is 73.8 Å². The first-order chi connectivity index (χ1) is 7.35. The topological polar surface area (TPSA) is 35.5 Å². The van der Waals surface area contributed by atoms with Crippen LogP contribution in [0.4, 0.5) is 0 Å². The molecule has 0 bridgehead atoms. The molecule has 0 amide bonds. The number of rotatable bonds is 4. The molecule has 0 unspecified atom stereocenters. The average molecular weight is 244 g/mol. The molecule has 0 aromatic carbocycles. The highest BCUT2D eigenvalue weighted by atomic mass is 17.2. The van der Waals surface area contributed by atoms with Crippen molar-refractivity contribution in [2.24, 2.45) is 10.8 Å². The standard InChI is InChI=1S/C14H28O3/c1-12(2,3)10-9-11(15)16-17-14(7,8)13(4,5)6/h9-10H2,1-8H3. The minimum absolute atomic E-state index is 0.0860. The molecule has 0 aromatic rings. The van der Waals surface area contributed by atoms with Crippen molar-refractivity contribution in [1.29, 1.82) is 0 Å². The van der Waals surface area contributed by atoms with Gasteiger partial charge in [0.15, 0.2) is 0 Å². The maximum Gasteiger partial charge on any atom is 0.342 e. The summed E-state index contributed by atoms with van der Waals surface area (Å²) < 4.78 is 0. The molecule has 0 aliphatic heterocycles. The minimum Gasteiger partial charge on any atom is -0.298 e. The van der Waals surface area contributed by atoms with Gasteiger partial charge in [0.25, 0.3) is 0 Å². The highest BCUT2D eigenvalue weighted by molar-refractivity contribution is 5.68. The van der Waals surface area contributed by atoms with Gasteiger partial charge in [-0.25, -0.2) is 4.79 Å². The minimum atomic E-state index is -0.496. The first-order valence-electron chi connectivity index (χ1n) is 6.24. The predicted octanol–water partition coefficient (Wildman–Crippen LogP) is 4.11. The van der Waals surface area contributed by atoms with Gasteiger partial charge < -0.3 is 0 Å². The Labute approximate surface area is 106 Å². The molecule has 102 valence electrons. The first-order valence-corrected chi connectivity index (χ1v) is 6.24. The molecule has 0 atom stereocenters. The van der Waals surface area contributed by atoms with E-state index >= 15 is 0 Å². The summed E-state index contributed by atoms with van der Waals surface area (Å²) in [6, 6.07) is 0. The quantitative estimate of drug-likeness (QED) is 0.551. The Morgan fingerprint density at radius 1 is 0.941 bits per heavy atom. The molecule has 17 heavy (non-hydrogen) atoms. The summed E-state index contributed by atoms with van der Waals surface area (Å²) in [6.07, 6.45) is 1.19. The van der Waals surface area contributed by atoms with Crippen LogP contribution < -0.4 is 0 Å². The monoisotopic (exact) mass is 244 g/mol. The van der Waals surface area contributed by atoms with Crippen molar-refractivity contribution in [1.82, 2.24) is 0 Å². The van der Waals surface area contributed by atoms with Gasteiger partial charge in [0, 0.05) is 6.42 Å². The number of carbonyl (C=O) groups excluding carboxylic acids is 1. The molecule has 0 heterocycles. The van der Waals surface area contributed by atoms with Crippen molar-refractivity contribution in [2.75, 3.05) is 0 Å². The van der Waals surface area contributed by atoms with Crippen molar-refractivity contribution in [3.8, 4) is 0 Å². The van der Waals surface area contributed by atoms with Gasteiger partial charge in [-0.2, -0.15) is 4.89 Å². The van der Waals surface area contributed by atoms with E-state index in [1.165, 1.54) is 0 Å². The summed E-state index contributed by atoms with van der Waals surface area (Å²) in [7, 11) is 0. The second-order valence-electron chi connectivity index (χ2n) is 7.36. The smallest absolute Gasteiger partial charge is 0.298 e. The summed E-state index contributed by atoms with van der Waals surface area (Å²) in [5.41, 5.74) is -0.444. The number of hydrogen-bond acceptors (Lipinski definition) is 3. The number of carbonyl (C=O) groups is 1. The van der Waals surface area contributed by atoms with Crippen LogP contribution in [0.25, 0.3) is 0 Å². The van der Waals surface area contributed by atoms with E-state index in [4.69, 9.17) is 9.78 Å². The molecule has 0 spiro atoms. The first kappa shape index (κ1) is 16.4. The van der Waals surface area contributed by atoms with Gasteiger partial charge in [-0.1, -0.05) is 41.5 Å². The fourth-order valence-electron chi connectivity index (χ4n) is 0.794. The van der Waals surface area contributed by atoms with Crippen LogP contribution in [0.5, 0.6) is 0 Å². The molecule has 0 fully saturated rings. The molecule has 0 aromatic heterocycles. The summed E-state index contributed by atoms with van der Waals surface area (Å²) in [5.74, 6) is -0.294. The van der Waals surface area contributed by atoms with Crippen molar-refractivity contribution < 1.29 is 14.6 Å². The lowest BCUT2D eigenvalue weighted by Gasteiger charge is -2.36. The zero-order valence-corrected chi connectivity index (χ0v) is 12.6. The van der Waals surface area contributed by atoms with Gasteiger partial charge >= 0.3 is 5.97 Å². The van der Waals surface area contributed by atoms with Crippen LogP contribution in [0.2, 0.25) is 0 Å². The van der Waals surface area contributed by atoms with Crippen LogP contribution >= 0.6 is 0 Å². The molecule has 0 N–H and O–H groups in total. The molecule has 0 radical (unpaired) electrons. The largest absolute Gasteiger partial charge is 0.342 e. The van der Waals surface area contributed by atoms with Crippen LogP contribution in [-0.2, 0) is 14.6 Å². The Bertz CT molecular complexity index is 254. The molecular formula is C14H28O3. The second kappa shape index (κ2) is 5.38. The SMILES string of the molecule is CC(C)(C)CCC(=O)OOC(C)(C)C(C)(C)C. The Kier molecular flexibility index (Phi) is 5.20. The lowest BCUT2D eigenvalue weighted by atomic mass is 9.79. The molecule has 3 heteroatoms. The van der Waals surface area contributed by atoms with E-state index in [0.717, 1.165) is 6.42 Å². The fraction of sp³-hybridized carbons (Fsp3) is 0.929. The third kappa shape index (κ3) is 6.67. The second-order valence-corrected chi connectivity index (χ2v) is 7.36. The lowest BCUT2D eigenvalue weighted by molar-refractivity contribution is -0.345. The van der Waals surface area contributed by atoms with E-state index in [9.17, 15) is 4.79 Å². The average Bonchev–Trinajstić information content (AvgIpc) is 2.08. The normalized spacial score (nSPS) is 13.6. The van der Waals surface area contributed by atoms with Gasteiger partial charge in [-0.15, -0.1) is 0 Å². The zero-order valence-electron chi connectivity index (χ0n) is 12.6. The van der Waals surface area contributed by atoms with Crippen LogP contribution in [0.1, 0.15) is 68.2 Å². The van der Waals surface area contributed by atoms with Gasteiger partial charge in [0.1, 0.15) is 5.60 Å². The van der Waals surface area contributed by atoms with Gasteiger partial charge in [0.2, 0.25) is 0 Å². The van der Waals surface area contributed by atoms with Crippen molar-refractivity contribution in [3.63, 3.8) is 0 Å². The lowest BCUT2D eigenvalue weighted by Crippen LogP contribution is -2.40. The van der Waals surface area contributed by atoms with E-state index in [1.807, 2.05) is 13.8 Å². The van der Waals surface area contributed by atoms with Crippen molar-refractivity contribution >= 4 is 5.97 Å². The third-order valence-electron chi connectivity index (χ3n) is 3.23. The van der Waals surface area contributed by atoms with Crippen molar-refractivity contribution in [3.05, 3.63) is 0 Å². The molecule has 0 aliphatic carbocycles. The van der Waals surface area contributed by atoms with E-state index in [1.54, 1.807) is 0 Å². The van der Waals surface area contributed by atoms with E-state index in [2.05, 4.69) is 41.5 Å². The van der Waals surface area contributed by atoms with E-state index in [-0.39, 0.29) is 16.8 Å². The van der Waals surface area contributed by atoms with Gasteiger partial charge in [-0.3, -0.25) is 4.89 Å². The Morgan fingerprint density at radius 2 is 1.41 bits per heavy atom. The molecule has 3 nitrogen and oxygen atoms in total. The molecule has 0 saturated carbocycles. The maximum absolute atomic E-state index is 11.5. The van der Waals surface area contributed by atoms with Crippen LogP contribution in [0.15, 0.2) is 0 Å². The number of hydrogen-bond donors (Lipinski definition) is 0. The summed E-state index contributed by atoms with van der Waals surface area (Å²) in [4.78, 5) is 21.7. The molecular weight excluding hydrogens is 216 g/mol. The predicted molar refractivity (Wildman–Crippen MR) is 69.4 cm³/mol. The molecule has 0 rings (SSSR count). The summed E-state index contributed by atoms with van der Waals surface area (Å²) in [5, 5.41) is 0. The third-order valence-corrected chi connectivity index (χ3v) is 3.23.